The van der Waals surface area contributed by atoms with E-state index in [0.717, 1.165) is 42.2 Å². The molecule has 0 bridgehead atoms. The second-order valence-corrected chi connectivity index (χ2v) is 7.62. The number of aromatic nitrogens is 2. The predicted octanol–water partition coefficient (Wildman–Crippen LogP) is 6.59. The van der Waals surface area contributed by atoms with Crippen LogP contribution in [0.5, 0.6) is 5.75 Å². The molecule has 0 saturated heterocycles. The third kappa shape index (κ3) is 5.66. The molecule has 0 fully saturated rings. The fraction of sp³-hybridized carbons (Fsp3) is 0.273. The van der Waals surface area contributed by atoms with E-state index in [4.69, 9.17) is 4.74 Å². The molecule has 0 radical (unpaired) electrons. The molecule has 4 nitrogen and oxygen atoms in total. The van der Waals surface area contributed by atoms with Gasteiger partial charge in [0.25, 0.3) is 0 Å². The Morgan fingerprint density at radius 3 is 2.37 bits per heavy atom. The van der Waals surface area contributed by atoms with Crippen molar-refractivity contribution in [3.8, 4) is 5.75 Å². The molecule has 0 amide bonds. The van der Waals surface area contributed by atoms with Gasteiger partial charge in [-0.25, -0.2) is 9.97 Å². The Hall–Kier alpha value is -2.74. The highest BCUT2D eigenvalue weighted by atomic mass is 32.2. The Labute approximate surface area is 178 Å². The third-order valence-corrected chi connectivity index (χ3v) is 5.31. The summed E-state index contributed by atoms with van der Waals surface area (Å²) in [6.45, 7) is 2.74. The number of rotatable bonds is 8. The number of hydrogen-bond acceptors (Lipinski definition) is 5. The average Bonchev–Trinajstić information content (AvgIpc) is 2.74. The lowest BCUT2D eigenvalue weighted by atomic mass is 10.3. The molecule has 0 spiro atoms. The Morgan fingerprint density at radius 2 is 1.73 bits per heavy atom. The number of anilines is 2. The van der Waals surface area contributed by atoms with Crippen LogP contribution in [0.3, 0.4) is 0 Å². The second-order valence-electron chi connectivity index (χ2n) is 6.56. The van der Waals surface area contributed by atoms with Crippen molar-refractivity contribution >= 4 is 23.4 Å². The van der Waals surface area contributed by atoms with Gasteiger partial charge in [-0.05, 0) is 42.8 Å². The SMILES string of the molecule is CCCCOc1ccc(N(C)c2ncc(C(F)(F)F)c(Sc3ccccc3)n2)cc1. The molecule has 8 heteroatoms. The Morgan fingerprint density at radius 1 is 1.03 bits per heavy atom. The summed E-state index contributed by atoms with van der Waals surface area (Å²) in [5.41, 5.74) is -0.110. The number of unbranched alkanes of at least 4 members (excludes halogenated alkanes) is 1. The van der Waals surface area contributed by atoms with Crippen LogP contribution >= 0.6 is 11.8 Å². The van der Waals surface area contributed by atoms with E-state index in [1.54, 1.807) is 36.2 Å². The van der Waals surface area contributed by atoms with Crippen molar-refractivity contribution in [3.63, 3.8) is 0 Å². The maximum atomic E-state index is 13.5. The van der Waals surface area contributed by atoms with E-state index in [-0.39, 0.29) is 11.0 Å². The van der Waals surface area contributed by atoms with Gasteiger partial charge in [-0.2, -0.15) is 13.2 Å². The summed E-state index contributed by atoms with van der Waals surface area (Å²) < 4.78 is 46.0. The minimum absolute atomic E-state index is 0.134. The molecule has 3 aromatic rings. The molecular formula is C22H22F3N3OS. The number of halogens is 3. The van der Waals surface area contributed by atoms with Crippen molar-refractivity contribution in [1.82, 2.24) is 9.97 Å². The maximum Gasteiger partial charge on any atom is 0.420 e. The van der Waals surface area contributed by atoms with E-state index in [9.17, 15) is 13.2 Å². The Bertz CT molecular complexity index is 950. The molecule has 30 heavy (non-hydrogen) atoms. The van der Waals surface area contributed by atoms with Crippen molar-refractivity contribution in [2.75, 3.05) is 18.6 Å². The zero-order valence-electron chi connectivity index (χ0n) is 16.7. The topological polar surface area (TPSA) is 38.2 Å². The Balaban J connectivity index is 1.85. The molecule has 0 N–H and O–H groups in total. The highest BCUT2D eigenvalue weighted by Gasteiger charge is 2.35. The summed E-state index contributed by atoms with van der Waals surface area (Å²) in [5.74, 6) is 0.926. The highest BCUT2D eigenvalue weighted by molar-refractivity contribution is 7.99. The molecule has 1 aromatic heterocycles. The Kier molecular flexibility index (Phi) is 7.20. The van der Waals surface area contributed by atoms with E-state index in [2.05, 4.69) is 16.9 Å². The van der Waals surface area contributed by atoms with Gasteiger partial charge in [-0.3, -0.25) is 0 Å². The molecule has 0 aliphatic rings. The molecule has 3 rings (SSSR count). The minimum Gasteiger partial charge on any atom is -0.494 e. The van der Waals surface area contributed by atoms with Gasteiger partial charge in [-0.1, -0.05) is 43.3 Å². The third-order valence-electron chi connectivity index (χ3n) is 4.29. The van der Waals surface area contributed by atoms with Crippen molar-refractivity contribution in [2.45, 2.75) is 35.9 Å². The van der Waals surface area contributed by atoms with Gasteiger partial charge >= 0.3 is 6.18 Å². The first kappa shape index (κ1) is 22.0. The van der Waals surface area contributed by atoms with E-state index in [1.165, 1.54) is 0 Å². The molecule has 0 aliphatic heterocycles. The van der Waals surface area contributed by atoms with Crippen LogP contribution < -0.4 is 9.64 Å². The van der Waals surface area contributed by atoms with Gasteiger partial charge in [0.1, 0.15) is 16.3 Å². The zero-order valence-corrected chi connectivity index (χ0v) is 17.5. The highest BCUT2D eigenvalue weighted by Crippen LogP contribution is 2.39. The molecule has 0 saturated carbocycles. The molecule has 0 atom stereocenters. The smallest absolute Gasteiger partial charge is 0.420 e. The number of benzene rings is 2. The van der Waals surface area contributed by atoms with Crippen molar-refractivity contribution in [1.29, 1.82) is 0 Å². The summed E-state index contributed by atoms with van der Waals surface area (Å²) in [5, 5.41) is -0.134. The second kappa shape index (κ2) is 9.84. The van der Waals surface area contributed by atoms with Crippen LogP contribution in [0.2, 0.25) is 0 Å². The molecule has 0 aliphatic carbocycles. The van der Waals surface area contributed by atoms with Crippen LogP contribution in [0.25, 0.3) is 0 Å². The normalized spacial score (nSPS) is 11.4. The van der Waals surface area contributed by atoms with Crippen molar-refractivity contribution in [3.05, 3.63) is 66.4 Å². The van der Waals surface area contributed by atoms with Crippen LogP contribution in [0.4, 0.5) is 24.8 Å². The van der Waals surface area contributed by atoms with Crippen LogP contribution in [0.1, 0.15) is 25.3 Å². The maximum absolute atomic E-state index is 13.5. The van der Waals surface area contributed by atoms with Gasteiger partial charge < -0.3 is 9.64 Å². The summed E-state index contributed by atoms with van der Waals surface area (Å²) in [6.07, 6.45) is -1.67. The average molecular weight is 433 g/mol. The molecule has 1 heterocycles. The van der Waals surface area contributed by atoms with Crippen LogP contribution in [0.15, 0.2) is 70.7 Å². The molecular weight excluding hydrogens is 411 g/mol. The predicted molar refractivity (Wildman–Crippen MR) is 113 cm³/mol. The van der Waals surface area contributed by atoms with Crippen LogP contribution in [-0.4, -0.2) is 23.6 Å². The van der Waals surface area contributed by atoms with Gasteiger partial charge in [0.05, 0.1) is 6.61 Å². The number of ether oxygens (including phenoxy) is 1. The van der Waals surface area contributed by atoms with Crippen LogP contribution in [-0.2, 0) is 6.18 Å². The summed E-state index contributed by atoms with van der Waals surface area (Å²) in [7, 11) is 1.71. The van der Waals surface area contributed by atoms with Gasteiger partial charge in [-0.15, -0.1) is 0 Å². The largest absolute Gasteiger partial charge is 0.494 e. The number of nitrogens with zero attached hydrogens (tertiary/aromatic N) is 3. The summed E-state index contributed by atoms with van der Waals surface area (Å²) in [4.78, 5) is 10.5. The first-order valence-corrected chi connectivity index (χ1v) is 10.3. The van der Waals surface area contributed by atoms with Gasteiger partial charge in [0, 0.05) is 23.8 Å². The van der Waals surface area contributed by atoms with Gasteiger partial charge in [0.2, 0.25) is 5.95 Å². The van der Waals surface area contributed by atoms with Crippen LogP contribution in [0, 0.1) is 0 Å². The quantitative estimate of drug-likeness (QED) is 0.296. The fourth-order valence-corrected chi connectivity index (χ4v) is 3.53. The molecule has 0 unspecified atom stereocenters. The minimum atomic E-state index is -4.54. The van der Waals surface area contributed by atoms with E-state index in [0.29, 0.717) is 11.5 Å². The lowest BCUT2D eigenvalue weighted by Crippen LogP contribution is -2.16. The molecule has 158 valence electrons. The standard InChI is InChI=1S/C22H22F3N3OS/c1-3-4-14-29-17-12-10-16(11-13-17)28(2)21-26-15-19(22(23,24)25)20(27-21)30-18-8-6-5-7-9-18/h5-13,15H,3-4,14H2,1-2H3. The van der Waals surface area contributed by atoms with E-state index >= 15 is 0 Å². The number of hydrogen-bond donors (Lipinski definition) is 0. The zero-order chi connectivity index (χ0) is 21.6. The molecule has 2 aromatic carbocycles. The summed E-state index contributed by atoms with van der Waals surface area (Å²) >= 11 is 0.964. The van der Waals surface area contributed by atoms with E-state index < -0.39 is 11.7 Å². The first-order valence-electron chi connectivity index (χ1n) is 9.52. The summed E-state index contributed by atoms with van der Waals surface area (Å²) in [6, 6.07) is 16.1. The van der Waals surface area contributed by atoms with E-state index in [1.807, 2.05) is 30.3 Å². The number of alkyl halides is 3. The lowest BCUT2D eigenvalue weighted by Gasteiger charge is -2.20. The van der Waals surface area contributed by atoms with Gasteiger partial charge in [0.15, 0.2) is 0 Å². The van der Waals surface area contributed by atoms with Crippen molar-refractivity contribution < 1.29 is 17.9 Å². The van der Waals surface area contributed by atoms with Crippen molar-refractivity contribution in [2.24, 2.45) is 0 Å². The fourth-order valence-electron chi connectivity index (χ4n) is 2.61. The lowest BCUT2D eigenvalue weighted by molar-refractivity contribution is -0.140. The first-order chi connectivity index (χ1) is 14.4. The monoisotopic (exact) mass is 433 g/mol.